The number of benzene rings is 1. The third-order valence-electron chi connectivity index (χ3n) is 2.73. The van der Waals surface area contributed by atoms with Gasteiger partial charge in [0.15, 0.2) is 11.5 Å². The van der Waals surface area contributed by atoms with Crippen LogP contribution in [0.1, 0.15) is 30.1 Å². The smallest absolute Gasteiger partial charge is 0.251 e. The molecule has 0 radical (unpaired) electrons. The Hall–Kier alpha value is -1.75. The first kappa shape index (κ1) is 15.3. The summed E-state index contributed by atoms with van der Waals surface area (Å²) < 4.78 is 10.3. The molecule has 0 aliphatic carbocycles. The Labute approximate surface area is 113 Å². The Morgan fingerprint density at radius 3 is 2.58 bits per heavy atom. The predicted molar refractivity (Wildman–Crippen MR) is 72.8 cm³/mol. The monoisotopic (exact) mass is 267 g/mol. The molecule has 0 heterocycles. The van der Waals surface area contributed by atoms with Crippen molar-refractivity contribution in [3.8, 4) is 11.5 Å². The number of aliphatic hydroxyl groups is 1. The first-order valence-corrected chi connectivity index (χ1v) is 6.26. The molecule has 0 saturated carbocycles. The third kappa shape index (κ3) is 4.79. The van der Waals surface area contributed by atoms with Crippen molar-refractivity contribution in [3.63, 3.8) is 0 Å². The van der Waals surface area contributed by atoms with Crippen molar-refractivity contribution in [1.29, 1.82) is 0 Å². The van der Waals surface area contributed by atoms with E-state index in [2.05, 4.69) is 5.32 Å². The van der Waals surface area contributed by atoms with Crippen molar-refractivity contribution in [1.82, 2.24) is 5.32 Å². The Balaban J connectivity index is 2.57. The van der Waals surface area contributed by atoms with Crippen LogP contribution < -0.4 is 14.8 Å². The fraction of sp³-hybridized carbons (Fsp3) is 0.500. The average Bonchev–Trinajstić information content (AvgIpc) is 2.42. The summed E-state index contributed by atoms with van der Waals surface area (Å²) in [5, 5.41) is 11.9. The second kappa shape index (κ2) is 7.63. The van der Waals surface area contributed by atoms with Gasteiger partial charge in [0.1, 0.15) is 0 Å². The molecule has 19 heavy (non-hydrogen) atoms. The van der Waals surface area contributed by atoms with Gasteiger partial charge in [-0.05, 0) is 38.0 Å². The van der Waals surface area contributed by atoms with Gasteiger partial charge in [-0.2, -0.15) is 0 Å². The van der Waals surface area contributed by atoms with Gasteiger partial charge < -0.3 is 19.9 Å². The molecule has 0 fully saturated rings. The van der Waals surface area contributed by atoms with E-state index >= 15 is 0 Å². The van der Waals surface area contributed by atoms with Crippen molar-refractivity contribution in [2.24, 2.45) is 0 Å². The van der Waals surface area contributed by atoms with Crippen molar-refractivity contribution in [2.45, 2.75) is 25.9 Å². The molecular weight excluding hydrogens is 246 g/mol. The molecule has 2 N–H and O–H groups in total. The molecule has 1 aromatic rings. The lowest BCUT2D eigenvalue weighted by atomic mass is 10.1. The maximum absolute atomic E-state index is 11.9. The van der Waals surface area contributed by atoms with E-state index in [9.17, 15) is 4.79 Å². The molecule has 0 aromatic heterocycles. The maximum atomic E-state index is 11.9. The molecule has 0 aliphatic rings. The van der Waals surface area contributed by atoms with Crippen LogP contribution in [0, 0.1) is 0 Å². The van der Waals surface area contributed by atoms with Crippen LogP contribution in [-0.2, 0) is 0 Å². The number of hydrogen-bond acceptors (Lipinski definition) is 4. The fourth-order valence-corrected chi connectivity index (χ4v) is 1.68. The molecule has 0 spiro atoms. The highest BCUT2D eigenvalue weighted by molar-refractivity contribution is 5.94. The minimum atomic E-state index is -0.335. The summed E-state index contributed by atoms with van der Waals surface area (Å²) in [5.41, 5.74) is 0.523. The van der Waals surface area contributed by atoms with Gasteiger partial charge in [0.05, 0.1) is 20.3 Å². The van der Waals surface area contributed by atoms with Crippen LogP contribution in [0.5, 0.6) is 11.5 Å². The molecule has 1 atom stereocenters. The van der Waals surface area contributed by atoms with Gasteiger partial charge in [0, 0.05) is 12.1 Å². The molecule has 1 aromatic carbocycles. The van der Waals surface area contributed by atoms with Gasteiger partial charge in [0.25, 0.3) is 5.91 Å². The molecule has 1 amide bonds. The molecule has 5 nitrogen and oxygen atoms in total. The minimum Gasteiger partial charge on any atom is -0.493 e. The number of aliphatic hydroxyl groups excluding tert-OH is 1. The highest BCUT2D eigenvalue weighted by Gasteiger charge is 2.10. The summed E-state index contributed by atoms with van der Waals surface area (Å²) in [6.07, 6.45) is 1.08. The number of carbonyl (C=O) groups excluding carboxylic acids is 1. The number of hydrogen-bond donors (Lipinski definition) is 2. The van der Waals surface area contributed by atoms with Gasteiger partial charge in [-0.25, -0.2) is 0 Å². The van der Waals surface area contributed by atoms with Gasteiger partial charge in [-0.3, -0.25) is 4.79 Å². The van der Waals surface area contributed by atoms with Gasteiger partial charge in [0.2, 0.25) is 0 Å². The van der Waals surface area contributed by atoms with E-state index in [0.29, 0.717) is 30.0 Å². The molecular formula is C14H21NO4. The summed E-state index contributed by atoms with van der Waals surface area (Å²) in [6, 6.07) is 5.03. The summed E-state index contributed by atoms with van der Waals surface area (Å²) in [7, 11) is 3.08. The van der Waals surface area contributed by atoms with E-state index < -0.39 is 0 Å². The van der Waals surface area contributed by atoms with E-state index in [0.717, 1.165) is 6.42 Å². The molecule has 1 unspecified atom stereocenters. The first-order chi connectivity index (χ1) is 9.08. The molecule has 1 rings (SSSR count). The molecule has 5 heteroatoms. The zero-order valence-electron chi connectivity index (χ0n) is 11.6. The average molecular weight is 267 g/mol. The highest BCUT2D eigenvalue weighted by Crippen LogP contribution is 2.27. The van der Waals surface area contributed by atoms with E-state index in [-0.39, 0.29) is 12.0 Å². The van der Waals surface area contributed by atoms with E-state index in [1.165, 1.54) is 7.11 Å². The number of methoxy groups -OCH3 is 2. The van der Waals surface area contributed by atoms with Crippen molar-refractivity contribution >= 4 is 5.91 Å². The fourth-order valence-electron chi connectivity index (χ4n) is 1.68. The Morgan fingerprint density at radius 1 is 1.32 bits per heavy atom. The lowest BCUT2D eigenvalue weighted by Crippen LogP contribution is -2.25. The maximum Gasteiger partial charge on any atom is 0.251 e. The van der Waals surface area contributed by atoms with Crippen LogP contribution in [-0.4, -0.2) is 37.9 Å². The van der Waals surface area contributed by atoms with Crippen LogP contribution in [0.2, 0.25) is 0 Å². The second-order valence-electron chi connectivity index (χ2n) is 4.32. The normalized spacial score (nSPS) is 11.8. The topological polar surface area (TPSA) is 67.8 Å². The summed E-state index contributed by atoms with van der Waals surface area (Å²) >= 11 is 0. The number of nitrogens with one attached hydrogen (secondary N) is 1. The predicted octanol–water partition coefficient (Wildman–Crippen LogP) is 1.59. The van der Waals surface area contributed by atoms with Crippen molar-refractivity contribution < 1.29 is 19.4 Å². The summed E-state index contributed by atoms with van der Waals surface area (Å²) in [6.45, 7) is 2.27. The number of amides is 1. The van der Waals surface area contributed by atoms with E-state index in [1.807, 2.05) is 0 Å². The lowest BCUT2D eigenvalue weighted by molar-refractivity contribution is 0.0949. The van der Waals surface area contributed by atoms with Crippen LogP contribution >= 0.6 is 0 Å². The molecule has 106 valence electrons. The zero-order valence-corrected chi connectivity index (χ0v) is 11.6. The molecule has 0 bridgehead atoms. The highest BCUT2D eigenvalue weighted by atomic mass is 16.5. The standard InChI is InChI=1S/C14H21NO4/c1-10(16)5-4-8-15-14(17)11-6-7-12(18-2)13(9-11)19-3/h6-7,9-10,16H,4-5,8H2,1-3H3,(H,15,17). The summed E-state index contributed by atoms with van der Waals surface area (Å²) in [5.74, 6) is 0.957. The van der Waals surface area contributed by atoms with E-state index in [1.54, 1.807) is 32.2 Å². The van der Waals surface area contributed by atoms with Crippen LogP contribution in [0.15, 0.2) is 18.2 Å². The Bertz CT molecular complexity index is 418. The van der Waals surface area contributed by atoms with Gasteiger partial charge in [-0.1, -0.05) is 0 Å². The quantitative estimate of drug-likeness (QED) is 0.736. The SMILES string of the molecule is COc1ccc(C(=O)NCCCC(C)O)cc1OC. The number of ether oxygens (including phenoxy) is 2. The van der Waals surface area contributed by atoms with E-state index in [4.69, 9.17) is 14.6 Å². The summed E-state index contributed by atoms with van der Waals surface area (Å²) in [4.78, 5) is 11.9. The molecule has 0 saturated heterocycles. The van der Waals surface area contributed by atoms with Crippen molar-refractivity contribution in [3.05, 3.63) is 23.8 Å². The largest absolute Gasteiger partial charge is 0.493 e. The van der Waals surface area contributed by atoms with Gasteiger partial charge in [-0.15, -0.1) is 0 Å². The minimum absolute atomic E-state index is 0.161. The Kier molecular flexibility index (Phi) is 6.15. The zero-order chi connectivity index (χ0) is 14.3. The number of carbonyl (C=O) groups is 1. The lowest BCUT2D eigenvalue weighted by Gasteiger charge is -2.10. The third-order valence-corrected chi connectivity index (χ3v) is 2.73. The first-order valence-electron chi connectivity index (χ1n) is 6.26. The Morgan fingerprint density at radius 2 is 2.00 bits per heavy atom. The van der Waals surface area contributed by atoms with Crippen LogP contribution in [0.25, 0.3) is 0 Å². The van der Waals surface area contributed by atoms with Crippen LogP contribution in [0.4, 0.5) is 0 Å². The molecule has 0 aliphatic heterocycles. The second-order valence-corrected chi connectivity index (χ2v) is 4.32. The van der Waals surface area contributed by atoms with Crippen molar-refractivity contribution in [2.75, 3.05) is 20.8 Å². The van der Waals surface area contributed by atoms with Gasteiger partial charge >= 0.3 is 0 Å². The van der Waals surface area contributed by atoms with Crippen LogP contribution in [0.3, 0.4) is 0 Å². The number of rotatable bonds is 7.